The van der Waals surface area contributed by atoms with E-state index in [1.54, 1.807) is 0 Å². The molecule has 0 aliphatic heterocycles. The molecule has 1 aromatic rings. The highest BCUT2D eigenvalue weighted by Crippen LogP contribution is 2.25. The third kappa shape index (κ3) is 13.7. The zero-order valence-electron chi connectivity index (χ0n) is 20.9. The Kier molecular flexibility index (Phi) is 11.5. The quantitative estimate of drug-likeness (QED) is 0.328. The number of amides is 2. The Bertz CT molecular complexity index is 768. The zero-order chi connectivity index (χ0) is 25.4. The summed E-state index contributed by atoms with van der Waals surface area (Å²) in [6.45, 7) is 15.3. The second-order valence-corrected chi connectivity index (χ2v) is 12.2. The number of ether oxygens (including phenoxy) is 3. The Balaban J connectivity index is 2.85. The summed E-state index contributed by atoms with van der Waals surface area (Å²) in [7, 11) is 0. The van der Waals surface area contributed by atoms with Gasteiger partial charge in [0, 0.05) is 15.0 Å². The van der Waals surface area contributed by atoms with Gasteiger partial charge in [-0.1, -0.05) is 45.7 Å². The van der Waals surface area contributed by atoms with Crippen molar-refractivity contribution in [2.75, 3.05) is 6.61 Å². The molecule has 0 fully saturated rings. The lowest BCUT2D eigenvalue weighted by atomic mass is 9.97. The molecule has 33 heavy (non-hydrogen) atoms. The SMILES string of the molecule is CC(C)C(CC[C@@H](COc1cc(Br)cc(Br)c1)NC(=O)OC(C)(C)C)NC(=O)OC(C)(C)C. The maximum Gasteiger partial charge on any atom is 0.407 e. The maximum absolute atomic E-state index is 12.4. The summed E-state index contributed by atoms with van der Waals surface area (Å²) in [5.41, 5.74) is -1.18. The van der Waals surface area contributed by atoms with E-state index < -0.39 is 23.4 Å². The van der Waals surface area contributed by atoms with E-state index in [1.165, 1.54) is 0 Å². The van der Waals surface area contributed by atoms with Gasteiger partial charge < -0.3 is 24.8 Å². The Labute approximate surface area is 214 Å². The number of benzene rings is 1. The first-order chi connectivity index (χ1) is 15.0. The average molecular weight is 594 g/mol. The van der Waals surface area contributed by atoms with Gasteiger partial charge in [0.25, 0.3) is 0 Å². The van der Waals surface area contributed by atoms with Gasteiger partial charge in [0.05, 0.1) is 6.04 Å². The Morgan fingerprint density at radius 2 is 1.33 bits per heavy atom. The number of nitrogens with one attached hydrogen (secondary N) is 2. The molecule has 2 amide bonds. The van der Waals surface area contributed by atoms with Gasteiger partial charge in [-0.05, 0) is 78.5 Å². The summed E-state index contributed by atoms with van der Waals surface area (Å²) in [6.07, 6.45) is 0.247. The third-order valence-corrected chi connectivity index (χ3v) is 5.26. The number of hydrogen-bond donors (Lipinski definition) is 2. The van der Waals surface area contributed by atoms with Gasteiger partial charge in [-0.25, -0.2) is 9.59 Å². The molecule has 0 spiro atoms. The van der Waals surface area contributed by atoms with Crippen LogP contribution in [0.4, 0.5) is 9.59 Å². The van der Waals surface area contributed by atoms with E-state index >= 15 is 0 Å². The second kappa shape index (κ2) is 12.8. The molecular formula is C24H38Br2N2O5. The van der Waals surface area contributed by atoms with Gasteiger partial charge in [0.1, 0.15) is 23.6 Å². The monoisotopic (exact) mass is 592 g/mol. The molecule has 2 atom stereocenters. The van der Waals surface area contributed by atoms with Gasteiger partial charge in [-0.15, -0.1) is 0 Å². The lowest BCUT2D eigenvalue weighted by Crippen LogP contribution is -2.45. The Morgan fingerprint density at radius 1 is 0.848 bits per heavy atom. The lowest BCUT2D eigenvalue weighted by Gasteiger charge is -2.28. The van der Waals surface area contributed by atoms with E-state index in [0.717, 1.165) is 8.95 Å². The van der Waals surface area contributed by atoms with Gasteiger partial charge in [0.2, 0.25) is 0 Å². The van der Waals surface area contributed by atoms with Crippen molar-refractivity contribution in [1.82, 2.24) is 10.6 Å². The summed E-state index contributed by atoms with van der Waals surface area (Å²) in [5, 5.41) is 5.86. The normalized spacial score (nSPS) is 13.8. The van der Waals surface area contributed by atoms with Crippen LogP contribution in [0.2, 0.25) is 0 Å². The van der Waals surface area contributed by atoms with Gasteiger partial charge in [-0.3, -0.25) is 0 Å². The van der Waals surface area contributed by atoms with E-state index in [0.29, 0.717) is 18.6 Å². The second-order valence-electron chi connectivity index (χ2n) is 10.3. The van der Waals surface area contributed by atoms with Gasteiger partial charge >= 0.3 is 12.2 Å². The van der Waals surface area contributed by atoms with Crippen LogP contribution in [0.5, 0.6) is 5.75 Å². The molecule has 0 heterocycles. The Hall–Kier alpha value is -1.48. The number of carbonyl (C=O) groups excluding carboxylic acids is 2. The largest absolute Gasteiger partial charge is 0.491 e. The van der Waals surface area contributed by atoms with E-state index in [9.17, 15) is 9.59 Å². The summed E-state index contributed by atoms with van der Waals surface area (Å²) in [4.78, 5) is 24.7. The fraction of sp³-hybridized carbons (Fsp3) is 0.667. The molecule has 0 bridgehead atoms. The summed E-state index contributed by atoms with van der Waals surface area (Å²) in [6, 6.07) is 5.19. The molecule has 0 aliphatic carbocycles. The van der Waals surface area contributed by atoms with Crippen LogP contribution in [0, 0.1) is 5.92 Å². The molecule has 0 aliphatic rings. The number of halogens is 2. The van der Waals surface area contributed by atoms with Crippen LogP contribution in [0.1, 0.15) is 68.2 Å². The predicted molar refractivity (Wildman–Crippen MR) is 138 cm³/mol. The molecule has 188 valence electrons. The predicted octanol–water partition coefficient (Wildman–Crippen LogP) is 6.81. The number of alkyl carbamates (subject to hydrolysis) is 2. The van der Waals surface area contributed by atoms with E-state index in [-0.39, 0.29) is 24.6 Å². The maximum atomic E-state index is 12.4. The van der Waals surface area contributed by atoms with Crippen molar-refractivity contribution in [2.24, 2.45) is 5.92 Å². The summed E-state index contributed by atoms with van der Waals surface area (Å²) >= 11 is 6.90. The zero-order valence-corrected chi connectivity index (χ0v) is 24.1. The fourth-order valence-corrected chi connectivity index (χ4v) is 4.14. The van der Waals surface area contributed by atoms with E-state index in [4.69, 9.17) is 14.2 Å². The lowest BCUT2D eigenvalue weighted by molar-refractivity contribution is 0.0453. The van der Waals surface area contributed by atoms with Crippen LogP contribution in [0.25, 0.3) is 0 Å². The molecule has 0 radical (unpaired) electrons. The average Bonchev–Trinajstić information content (AvgIpc) is 2.58. The number of carbonyl (C=O) groups is 2. The minimum atomic E-state index is -0.608. The number of hydrogen-bond acceptors (Lipinski definition) is 5. The van der Waals surface area contributed by atoms with Crippen molar-refractivity contribution < 1.29 is 23.8 Å². The molecule has 7 nitrogen and oxygen atoms in total. The molecule has 9 heteroatoms. The van der Waals surface area contributed by atoms with Crippen molar-refractivity contribution in [3.05, 3.63) is 27.1 Å². The molecule has 1 aromatic carbocycles. The first-order valence-electron chi connectivity index (χ1n) is 11.1. The summed E-state index contributed by atoms with van der Waals surface area (Å²) < 4.78 is 18.5. The van der Waals surface area contributed by atoms with Crippen LogP contribution < -0.4 is 15.4 Å². The van der Waals surface area contributed by atoms with E-state index in [1.807, 2.05) is 73.6 Å². The first-order valence-corrected chi connectivity index (χ1v) is 12.7. The minimum absolute atomic E-state index is 0.122. The molecule has 0 aromatic heterocycles. The molecule has 1 rings (SSSR count). The van der Waals surface area contributed by atoms with Crippen LogP contribution in [-0.4, -0.2) is 42.1 Å². The van der Waals surface area contributed by atoms with Gasteiger partial charge in [0.15, 0.2) is 0 Å². The van der Waals surface area contributed by atoms with Crippen molar-refractivity contribution in [1.29, 1.82) is 0 Å². The topological polar surface area (TPSA) is 85.9 Å². The van der Waals surface area contributed by atoms with Crippen LogP contribution >= 0.6 is 31.9 Å². The Morgan fingerprint density at radius 3 is 1.79 bits per heavy atom. The van der Waals surface area contributed by atoms with Crippen LogP contribution in [0.15, 0.2) is 27.1 Å². The van der Waals surface area contributed by atoms with Gasteiger partial charge in [-0.2, -0.15) is 0 Å². The molecule has 0 saturated heterocycles. The molecule has 0 saturated carbocycles. The molecule has 2 N–H and O–H groups in total. The highest BCUT2D eigenvalue weighted by atomic mass is 79.9. The summed E-state index contributed by atoms with van der Waals surface area (Å²) in [5.74, 6) is 0.848. The van der Waals surface area contributed by atoms with Crippen molar-refractivity contribution in [3.8, 4) is 5.75 Å². The molecular weight excluding hydrogens is 556 g/mol. The smallest absolute Gasteiger partial charge is 0.407 e. The number of rotatable bonds is 9. The fourth-order valence-electron chi connectivity index (χ4n) is 2.89. The van der Waals surface area contributed by atoms with Crippen LogP contribution in [-0.2, 0) is 9.47 Å². The first kappa shape index (κ1) is 29.6. The van der Waals surface area contributed by atoms with Crippen molar-refractivity contribution >= 4 is 44.0 Å². The highest BCUT2D eigenvalue weighted by Gasteiger charge is 2.25. The minimum Gasteiger partial charge on any atom is -0.491 e. The van der Waals surface area contributed by atoms with Crippen molar-refractivity contribution in [2.45, 2.75) is 91.5 Å². The standard InChI is InChI=1S/C24H38Br2N2O5/c1-15(2)20(28-22(30)33-24(6,7)8)10-9-18(27-21(29)32-23(3,4)5)14-31-19-12-16(25)11-17(26)13-19/h11-13,15,18,20H,9-10,14H2,1-8H3,(H,27,29)(H,28,30)/t18-,20?/m0/s1. The molecule has 1 unspecified atom stereocenters. The third-order valence-electron chi connectivity index (χ3n) is 4.34. The van der Waals surface area contributed by atoms with Crippen molar-refractivity contribution in [3.63, 3.8) is 0 Å². The van der Waals surface area contributed by atoms with E-state index in [2.05, 4.69) is 42.5 Å². The highest BCUT2D eigenvalue weighted by molar-refractivity contribution is 9.11. The van der Waals surface area contributed by atoms with Crippen LogP contribution in [0.3, 0.4) is 0 Å².